The zero-order chi connectivity index (χ0) is 14.5. The molecule has 108 valence electrons. The van der Waals surface area contributed by atoms with Crippen molar-refractivity contribution in [3.05, 3.63) is 22.4 Å². The average Bonchev–Trinajstić information content (AvgIpc) is 2.80. The van der Waals surface area contributed by atoms with E-state index < -0.39 is 15.8 Å². The number of nitrogens with one attached hydrogen (secondary N) is 1. The zero-order valence-corrected chi connectivity index (χ0v) is 12.6. The lowest BCUT2D eigenvalue weighted by Gasteiger charge is -2.21. The van der Waals surface area contributed by atoms with E-state index in [0.717, 1.165) is 4.88 Å². The van der Waals surface area contributed by atoms with E-state index in [0.29, 0.717) is 0 Å². The fourth-order valence-electron chi connectivity index (χ4n) is 1.80. The number of sulfone groups is 1. The van der Waals surface area contributed by atoms with Gasteiger partial charge in [0.2, 0.25) is 0 Å². The number of rotatable bonds is 8. The molecule has 2 N–H and O–H groups in total. The van der Waals surface area contributed by atoms with Crippen molar-refractivity contribution in [2.45, 2.75) is 32.4 Å². The van der Waals surface area contributed by atoms with E-state index in [4.69, 9.17) is 5.11 Å². The Hall–Kier alpha value is -0.920. The number of thiophene rings is 1. The minimum atomic E-state index is -3.07. The molecule has 0 bridgehead atoms. The SMILES string of the molecule is CCS(=O)(=O)CC(C)NC(CC(=O)O)c1cccs1. The minimum absolute atomic E-state index is 0.0188. The molecule has 2 unspecified atom stereocenters. The van der Waals surface area contributed by atoms with Crippen LogP contribution in [0.25, 0.3) is 0 Å². The Kier molecular flexibility index (Phi) is 5.96. The van der Waals surface area contributed by atoms with Crippen LogP contribution < -0.4 is 5.32 Å². The van der Waals surface area contributed by atoms with Gasteiger partial charge in [-0.1, -0.05) is 13.0 Å². The lowest BCUT2D eigenvalue weighted by atomic mass is 10.1. The Morgan fingerprint density at radius 3 is 2.68 bits per heavy atom. The zero-order valence-electron chi connectivity index (χ0n) is 11.0. The third-order valence-electron chi connectivity index (χ3n) is 2.69. The van der Waals surface area contributed by atoms with Crippen LogP contribution >= 0.6 is 11.3 Å². The first-order valence-corrected chi connectivity index (χ1v) is 8.76. The van der Waals surface area contributed by atoms with Gasteiger partial charge in [0.1, 0.15) is 0 Å². The van der Waals surface area contributed by atoms with Crippen LogP contribution in [0.3, 0.4) is 0 Å². The van der Waals surface area contributed by atoms with Gasteiger partial charge in [-0.05, 0) is 18.4 Å². The first kappa shape index (κ1) is 16.1. The Morgan fingerprint density at radius 1 is 1.53 bits per heavy atom. The molecule has 0 aliphatic heterocycles. The summed E-state index contributed by atoms with van der Waals surface area (Å²) in [4.78, 5) is 11.8. The van der Waals surface area contributed by atoms with E-state index in [1.807, 2.05) is 17.5 Å². The van der Waals surface area contributed by atoms with Crippen molar-refractivity contribution in [2.24, 2.45) is 0 Å². The van der Waals surface area contributed by atoms with E-state index >= 15 is 0 Å². The Morgan fingerprint density at radius 2 is 2.21 bits per heavy atom. The van der Waals surface area contributed by atoms with Crippen LogP contribution in [-0.4, -0.2) is 37.0 Å². The maximum absolute atomic E-state index is 11.5. The molecule has 0 amide bonds. The molecule has 0 saturated heterocycles. The fourth-order valence-corrected chi connectivity index (χ4v) is 3.68. The number of carboxylic acid groups (broad SMARTS) is 1. The Bertz CT molecular complexity index is 496. The Balaban J connectivity index is 2.70. The molecule has 0 saturated carbocycles. The lowest BCUT2D eigenvalue weighted by molar-refractivity contribution is -0.137. The van der Waals surface area contributed by atoms with Crippen LogP contribution in [0, 0.1) is 0 Å². The van der Waals surface area contributed by atoms with Crippen molar-refractivity contribution >= 4 is 27.1 Å². The predicted molar refractivity (Wildman–Crippen MR) is 76.2 cm³/mol. The molecule has 0 aliphatic carbocycles. The molecule has 1 rings (SSSR count). The molecule has 0 fully saturated rings. The van der Waals surface area contributed by atoms with Crippen LogP contribution in [0.1, 0.15) is 31.2 Å². The van der Waals surface area contributed by atoms with Crippen LogP contribution in [0.4, 0.5) is 0 Å². The number of carbonyl (C=O) groups is 1. The standard InChI is InChI=1S/C12H19NO4S2/c1-3-19(16,17)8-9(2)13-10(7-12(14)15)11-5-4-6-18-11/h4-6,9-10,13H,3,7-8H2,1-2H3,(H,14,15). The molecule has 1 heterocycles. The van der Waals surface area contributed by atoms with Crippen molar-refractivity contribution in [1.29, 1.82) is 0 Å². The highest BCUT2D eigenvalue weighted by molar-refractivity contribution is 7.91. The highest BCUT2D eigenvalue weighted by Crippen LogP contribution is 2.22. The number of carboxylic acids is 1. The number of aliphatic carboxylic acids is 1. The fraction of sp³-hybridized carbons (Fsp3) is 0.583. The summed E-state index contributed by atoms with van der Waals surface area (Å²) < 4.78 is 23.1. The molecule has 1 aromatic heterocycles. The van der Waals surface area contributed by atoms with Gasteiger partial charge in [0.15, 0.2) is 9.84 Å². The molecule has 0 aromatic carbocycles. The van der Waals surface area contributed by atoms with Crippen molar-refractivity contribution in [1.82, 2.24) is 5.32 Å². The second kappa shape index (κ2) is 7.02. The van der Waals surface area contributed by atoms with Gasteiger partial charge in [-0.3, -0.25) is 4.79 Å². The molecule has 1 aromatic rings. The first-order chi connectivity index (χ1) is 8.84. The lowest BCUT2D eigenvalue weighted by Crippen LogP contribution is -2.37. The van der Waals surface area contributed by atoms with Gasteiger partial charge in [0.25, 0.3) is 0 Å². The number of hydrogen-bond acceptors (Lipinski definition) is 5. The molecule has 5 nitrogen and oxygen atoms in total. The molecular formula is C12H19NO4S2. The van der Waals surface area contributed by atoms with E-state index in [-0.39, 0.29) is 30.0 Å². The molecular weight excluding hydrogens is 286 g/mol. The van der Waals surface area contributed by atoms with Gasteiger partial charge in [-0.25, -0.2) is 8.42 Å². The van der Waals surface area contributed by atoms with E-state index in [1.54, 1.807) is 13.8 Å². The van der Waals surface area contributed by atoms with Crippen molar-refractivity contribution < 1.29 is 18.3 Å². The van der Waals surface area contributed by atoms with Crippen LogP contribution in [0.5, 0.6) is 0 Å². The molecule has 0 aliphatic rings. The van der Waals surface area contributed by atoms with Crippen molar-refractivity contribution in [3.8, 4) is 0 Å². The van der Waals surface area contributed by atoms with Crippen molar-refractivity contribution in [2.75, 3.05) is 11.5 Å². The summed E-state index contributed by atoms with van der Waals surface area (Å²) in [5.74, 6) is -0.788. The van der Waals surface area contributed by atoms with E-state index in [1.165, 1.54) is 11.3 Å². The van der Waals surface area contributed by atoms with Crippen LogP contribution in [-0.2, 0) is 14.6 Å². The smallest absolute Gasteiger partial charge is 0.305 e. The molecule has 7 heteroatoms. The maximum atomic E-state index is 11.5. The van der Waals surface area contributed by atoms with Crippen LogP contribution in [0.15, 0.2) is 17.5 Å². The van der Waals surface area contributed by atoms with Gasteiger partial charge < -0.3 is 10.4 Å². The minimum Gasteiger partial charge on any atom is -0.481 e. The second-order valence-corrected chi connectivity index (χ2v) is 7.81. The first-order valence-electron chi connectivity index (χ1n) is 6.05. The van der Waals surface area contributed by atoms with Gasteiger partial charge in [0.05, 0.1) is 18.2 Å². The highest BCUT2D eigenvalue weighted by Gasteiger charge is 2.21. The second-order valence-electron chi connectivity index (χ2n) is 4.43. The summed E-state index contributed by atoms with van der Waals surface area (Å²) in [5.41, 5.74) is 0. The summed E-state index contributed by atoms with van der Waals surface area (Å²) in [6.07, 6.45) is -0.0585. The van der Waals surface area contributed by atoms with Gasteiger partial charge in [-0.2, -0.15) is 0 Å². The monoisotopic (exact) mass is 305 g/mol. The third-order valence-corrected chi connectivity index (χ3v) is 5.57. The number of hydrogen-bond donors (Lipinski definition) is 2. The molecule has 2 atom stereocenters. The predicted octanol–water partition coefficient (Wildman–Crippen LogP) is 1.68. The Labute approximate surface area is 117 Å². The molecule has 0 radical (unpaired) electrons. The van der Waals surface area contributed by atoms with Gasteiger partial charge >= 0.3 is 5.97 Å². The highest BCUT2D eigenvalue weighted by atomic mass is 32.2. The van der Waals surface area contributed by atoms with Gasteiger partial charge in [-0.15, -0.1) is 11.3 Å². The van der Waals surface area contributed by atoms with Gasteiger partial charge in [0, 0.05) is 16.7 Å². The molecule has 0 spiro atoms. The largest absolute Gasteiger partial charge is 0.481 e. The topological polar surface area (TPSA) is 83.5 Å². The summed E-state index contributed by atoms with van der Waals surface area (Å²) in [7, 11) is -3.07. The molecule has 19 heavy (non-hydrogen) atoms. The van der Waals surface area contributed by atoms with E-state index in [2.05, 4.69) is 5.32 Å². The van der Waals surface area contributed by atoms with E-state index in [9.17, 15) is 13.2 Å². The van der Waals surface area contributed by atoms with Crippen molar-refractivity contribution in [3.63, 3.8) is 0 Å². The summed E-state index contributed by atoms with van der Waals surface area (Å²) in [6, 6.07) is 3.08. The summed E-state index contributed by atoms with van der Waals surface area (Å²) >= 11 is 1.46. The quantitative estimate of drug-likeness (QED) is 0.763. The normalized spacial score (nSPS) is 15.1. The summed E-state index contributed by atoms with van der Waals surface area (Å²) in [5, 5.41) is 13.9. The third kappa shape index (κ3) is 5.71. The average molecular weight is 305 g/mol. The summed E-state index contributed by atoms with van der Waals surface area (Å²) in [6.45, 7) is 3.37. The van der Waals surface area contributed by atoms with Crippen LogP contribution in [0.2, 0.25) is 0 Å². The maximum Gasteiger partial charge on any atom is 0.305 e.